The number of benzene rings is 3. The lowest BCUT2D eigenvalue weighted by Crippen LogP contribution is -2.26. The number of para-hydroxylation sites is 1. The highest BCUT2D eigenvalue weighted by Gasteiger charge is 2.24. The minimum atomic E-state index is -0.478. The summed E-state index contributed by atoms with van der Waals surface area (Å²) in [7, 11) is 0. The number of amides is 1. The van der Waals surface area contributed by atoms with Crippen molar-refractivity contribution in [3.8, 4) is 16.8 Å². The lowest BCUT2D eigenvalue weighted by molar-refractivity contribution is -0.115. The number of anilines is 1. The van der Waals surface area contributed by atoms with E-state index in [4.69, 9.17) is 4.98 Å². The molecule has 0 spiro atoms. The number of thiophene rings is 1. The van der Waals surface area contributed by atoms with E-state index in [-0.39, 0.29) is 11.5 Å². The number of hydrogen-bond donors (Lipinski definition) is 1. The van der Waals surface area contributed by atoms with Crippen molar-refractivity contribution in [3.63, 3.8) is 0 Å². The zero-order chi connectivity index (χ0) is 26.1. The van der Waals surface area contributed by atoms with E-state index < -0.39 is 5.25 Å². The zero-order valence-corrected chi connectivity index (χ0v) is 22.7. The first kappa shape index (κ1) is 25.0. The Kier molecular flexibility index (Phi) is 7.00. The Morgan fingerprint density at radius 1 is 0.946 bits per heavy atom. The van der Waals surface area contributed by atoms with Crippen LogP contribution in [0.2, 0.25) is 0 Å². The highest BCUT2D eigenvalue weighted by molar-refractivity contribution is 8.00. The van der Waals surface area contributed by atoms with E-state index in [1.54, 1.807) is 4.57 Å². The van der Waals surface area contributed by atoms with Gasteiger partial charge in [-0.1, -0.05) is 72.4 Å². The largest absolute Gasteiger partial charge is 0.325 e. The third kappa shape index (κ3) is 4.84. The lowest BCUT2D eigenvalue weighted by Gasteiger charge is -2.17. The Morgan fingerprint density at radius 2 is 1.62 bits per heavy atom. The fourth-order valence-corrected chi connectivity index (χ4v) is 6.32. The summed E-state index contributed by atoms with van der Waals surface area (Å²) in [6.07, 6.45) is 0. The van der Waals surface area contributed by atoms with Gasteiger partial charge in [-0.05, 0) is 62.6 Å². The molecule has 1 N–H and O–H groups in total. The highest BCUT2D eigenvalue weighted by Crippen LogP contribution is 2.37. The summed E-state index contributed by atoms with van der Waals surface area (Å²) >= 11 is 2.80. The molecule has 5 nitrogen and oxygen atoms in total. The van der Waals surface area contributed by atoms with Gasteiger partial charge in [0.1, 0.15) is 4.83 Å². The molecule has 1 atom stereocenters. The Bertz CT molecular complexity index is 1660. The van der Waals surface area contributed by atoms with Crippen LogP contribution in [-0.4, -0.2) is 20.7 Å². The van der Waals surface area contributed by atoms with Gasteiger partial charge < -0.3 is 5.32 Å². The fraction of sp³-hybridized carbons (Fsp3) is 0.167. The van der Waals surface area contributed by atoms with Crippen LogP contribution in [0.4, 0.5) is 5.69 Å². The Morgan fingerprint density at radius 3 is 2.32 bits per heavy atom. The predicted molar refractivity (Wildman–Crippen MR) is 155 cm³/mol. The molecule has 7 heteroatoms. The van der Waals surface area contributed by atoms with E-state index >= 15 is 0 Å². The predicted octanol–water partition coefficient (Wildman–Crippen LogP) is 7.16. The quantitative estimate of drug-likeness (QED) is 0.189. The van der Waals surface area contributed by atoms with Crippen molar-refractivity contribution in [1.29, 1.82) is 0 Å². The first-order valence-corrected chi connectivity index (χ1v) is 13.8. The second-order valence-electron chi connectivity index (χ2n) is 8.95. The zero-order valence-electron chi connectivity index (χ0n) is 21.1. The summed E-state index contributed by atoms with van der Waals surface area (Å²) in [4.78, 5) is 33.9. The maximum absolute atomic E-state index is 14.1. The van der Waals surface area contributed by atoms with Gasteiger partial charge in [-0.25, -0.2) is 4.98 Å². The first-order valence-electron chi connectivity index (χ1n) is 12.1. The van der Waals surface area contributed by atoms with Crippen molar-refractivity contribution < 1.29 is 4.79 Å². The van der Waals surface area contributed by atoms with E-state index in [1.807, 2.05) is 107 Å². The van der Waals surface area contributed by atoms with Crippen LogP contribution < -0.4 is 10.9 Å². The molecule has 2 heterocycles. The van der Waals surface area contributed by atoms with E-state index in [0.717, 1.165) is 38.5 Å². The van der Waals surface area contributed by atoms with Gasteiger partial charge in [0.05, 0.1) is 16.3 Å². The molecule has 5 aromatic rings. The van der Waals surface area contributed by atoms with Gasteiger partial charge in [-0.2, -0.15) is 0 Å². The summed E-state index contributed by atoms with van der Waals surface area (Å²) in [5.41, 5.74) is 5.44. The van der Waals surface area contributed by atoms with Crippen LogP contribution in [0, 0.1) is 20.8 Å². The van der Waals surface area contributed by atoms with Crippen molar-refractivity contribution >= 4 is 44.9 Å². The summed E-state index contributed by atoms with van der Waals surface area (Å²) in [6, 6.07) is 25.3. The number of aromatic nitrogens is 2. The number of fused-ring (bicyclic) bond motifs is 1. The number of aryl methyl sites for hydroxylation is 2. The molecule has 186 valence electrons. The number of thioether (sulfide) groups is 1. The van der Waals surface area contributed by atoms with Gasteiger partial charge >= 0.3 is 0 Å². The van der Waals surface area contributed by atoms with Crippen LogP contribution in [0.25, 0.3) is 27.0 Å². The first-order chi connectivity index (χ1) is 17.8. The summed E-state index contributed by atoms with van der Waals surface area (Å²) in [5.74, 6) is -0.139. The van der Waals surface area contributed by atoms with Crippen LogP contribution >= 0.6 is 23.1 Å². The molecule has 0 radical (unpaired) electrons. The van der Waals surface area contributed by atoms with Gasteiger partial charge in [0.25, 0.3) is 5.56 Å². The Balaban J connectivity index is 1.60. The van der Waals surface area contributed by atoms with Crippen LogP contribution in [0.15, 0.2) is 88.8 Å². The third-order valence-electron chi connectivity index (χ3n) is 6.46. The van der Waals surface area contributed by atoms with Gasteiger partial charge in [-0.15, -0.1) is 11.3 Å². The van der Waals surface area contributed by atoms with Crippen LogP contribution in [0.5, 0.6) is 0 Å². The number of nitrogens with zero attached hydrogens (tertiary/aromatic N) is 2. The molecule has 0 fully saturated rings. The molecule has 0 aliphatic heterocycles. The average molecular weight is 526 g/mol. The van der Waals surface area contributed by atoms with Crippen LogP contribution in [0.1, 0.15) is 22.9 Å². The summed E-state index contributed by atoms with van der Waals surface area (Å²) in [6.45, 7) is 7.88. The van der Waals surface area contributed by atoms with Gasteiger partial charge in [0.2, 0.25) is 5.91 Å². The summed E-state index contributed by atoms with van der Waals surface area (Å²) < 4.78 is 1.63. The molecule has 3 aromatic carbocycles. The second kappa shape index (κ2) is 10.4. The van der Waals surface area contributed by atoms with Crippen molar-refractivity contribution in [2.45, 2.75) is 38.1 Å². The van der Waals surface area contributed by atoms with Crippen molar-refractivity contribution in [2.24, 2.45) is 0 Å². The molecule has 1 unspecified atom stereocenters. The minimum absolute atomic E-state index is 0.135. The average Bonchev–Trinajstić information content (AvgIpc) is 3.23. The van der Waals surface area contributed by atoms with Crippen molar-refractivity contribution in [3.05, 3.63) is 105 Å². The standard InChI is InChI=1S/C30H27N3O2S2/c1-18-12-11-17-24(19(18)2)31-27(34)21(4)37-30-32-28-26(29(35)33(30)23-15-9-6-10-16-23)25(20(3)36-28)22-13-7-5-8-14-22/h5-17,21H,1-4H3,(H,31,34). The second-order valence-corrected chi connectivity index (χ2v) is 11.5. The highest BCUT2D eigenvalue weighted by atomic mass is 32.2. The van der Waals surface area contributed by atoms with Crippen LogP contribution in [-0.2, 0) is 4.79 Å². The lowest BCUT2D eigenvalue weighted by atomic mass is 10.0. The number of nitrogens with one attached hydrogen (secondary N) is 1. The maximum Gasteiger partial charge on any atom is 0.268 e. The fourth-order valence-electron chi connectivity index (χ4n) is 4.31. The summed E-state index contributed by atoms with van der Waals surface area (Å²) in [5, 5.41) is 3.67. The molecule has 2 aromatic heterocycles. The Hall–Kier alpha value is -3.68. The molecular weight excluding hydrogens is 498 g/mol. The van der Waals surface area contributed by atoms with E-state index in [1.165, 1.54) is 23.1 Å². The maximum atomic E-state index is 14.1. The van der Waals surface area contributed by atoms with Gasteiger partial charge in [0.15, 0.2) is 5.16 Å². The topological polar surface area (TPSA) is 64.0 Å². The number of rotatable bonds is 6. The minimum Gasteiger partial charge on any atom is -0.325 e. The van der Waals surface area contributed by atoms with E-state index in [0.29, 0.717) is 15.4 Å². The molecule has 0 saturated heterocycles. The molecule has 37 heavy (non-hydrogen) atoms. The molecule has 0 aliphatic carbocycles. The normalized spacial score (nSPS) is 12.0. The molecule has 0 saturated carbocycles. The number of hydrogen-bond acceptors (Lipinski definition) is 5. The number of carbonyl (C=O) groups excluding carboxylic acids is 1. The van der Waals surface area contributed by atoms with Crippen LogP contribution in [0.3, 0.4) is 0 Å². The van der Waals surface area contributed by atoms with Crippen molar-refractivity contribution in [1.82, 2.24) is 9.55 Å². The van der Waals surface area contributed by atoms with E-state index in [2.05, 4.69) is 5.32 Å². The molecule has 0 bridgehead atoms. The molecule has 0 aliphatic rings. The van der Waals surface area contributed by atoms with Crippen molar-refractivity contribution in [2.75, 3.05) is 5.32 Å². The Labute approximate surface area is 224 Å². The van der Waals surface area contributed by atoms with Gasteiger partial charge in [-0.3, -0.25) is 14.2 Å². The van der Waals surface area contributed by atoms with Gasteiger partial charge in [0, 0.05) is 16.1 Å². The molecule has 1 amide bonds. The SMILES string of the molecule is Cc1cccc(NC(=O)C(C)Sc2nc3sc(C)c(-c4ccccc4)c3c(=O)n2-c2ccccc2)c1C. The monoisotopic (exact) mass is 525 g/mol. The van der Waals surface area contributed by atoms with E-state index in [9.17, 15) is 9.59 Å². The molecule has 5 rings (SSSR count). The smallest absolute Gasteiger partial charge is 0.268 e. The third-order valence-corrected chi connectivity index (χ3v) is 8.51. The molecular formula is C30H27N3O2S2. The number of carbonyl (C=O) groups is 1.